The van der Waals surface area contributed by atoms with Gasteiger partial charge in [0.1, 0.15) is 11.7 Å². The van der Waals surface area contributed by atoms with Crippen LogP contribution in [-0.2, 0) is 25.7 Å². The lowest BCUT2D eigenvalue weighted by atomic mass is 9.59. The van der Waals surface area contributed by atoms with Crippen molar-refractivity contribution < 1.29 is 23.9 Å². The van der Waals surface area contributed by atoms with Crippen molar-refractivity contribution in [1.29, 1.82) is 0 Å². The molecule has 1 amide bonds. The lowest BCUT2D eigenvalue weighted by molar-refractivity contribution is -0.162. The van der Waals surface area contributed by atoms with Crippen LogP contribution in [0, 0.1) is 11.3 Å². The van der Waals surface area contributed by atoms with Gasteiger partial charge in [-0.2, -0.15) is 0 Å². The number of carbonyl (C=O) groups is 3. The van der Waals surface area contributed by atoms with E-state index in [4.69, 9.17) is 9.47 Å². The molecule has 1 aliphatic carbocycles. The van der Waals surface area contributed by atoms with E-state index in [1.54, 1.807) is 12.1 Å². The fraction of sp³-hybridized carbons (Fsp3) is 0.400. The average Bonchev–Trinajstić information content (AvgIpc) is 2.82. The first-order chi connectivity index (χ1) is 15.1. The molecule has 162 valence electrons. The second-order valence-corrected chi connectivity index (χ2v) is 8.33. The van der Waals surface area contributed by atoms with Crippen LogP contribution in [0.3, 0.4) is 0 Å². The van der Waals surface area contributed by atoms with Crippen molar-refractivity contribution in [1.82, 2.24) is 5.32 Å². The summed E-state index contributed by atoms with van der Waals surface area (Å²) in [5, 5.41) is 2.88. The Balaban J connectivity index is 1.74. The van der Waals surface area contributed by atoms with Crippen LogP contribution in [0.1, 0.15) is 49.1 Å². The average molecular weight is 421 g/mol. The number of esters is 2. The highest BCUT2D eigenvalue weighted by atomic mass is 16.5. The maximum atomic E-state index is 13.3. The molecule has 0 spiro atoms. The Bertz CT molecular complexity index is 965. The molecule has 2 atom stereocenters. The number of para-hydroxylation sites is 1. The van der Waals surface area contributed by atoms with Crippen LogP contribution in [0.4, 0.5) is 0 Å². The van der Waals surface area contributed by atoms with E-state index in [1.807, 2.05) is 42.5 Å². The van der Waals surface area contributed by atoms with Gasteiger partial charge in [-0.05, 0) is 24.5 Å². The lowest BCUT2D eigenvalue weighted by Crippen LogP contribution is -2.52. The normalized spacial score (nSPS) is 22.0. The third-order valence-corrected chi connectivity index (χ3v) is 6.58. The zero-order chi connectivity index (χ0) is 21.8. The Kier molecular flexibility index (Phi) is 6.07. The monoisotopic (exact) mass is 421 g/mol. The molecule has 0 radical (unpaired) electrons. The molecule has 1 N–H and O–H groups in total. The van der Waals surface area contributed by atoms with Gasteiger partial charge in [-0.15, -0.1) is 0 Å². The van der Waals surface area contributed by atoms with Gasteiger partial charge in [0.25, 0.3) is 0 Å². The number of amides is 1. The molecular weight excluding hydrogens is 394 g/mol. The number of nitrogens with one attached hydrogen (secondary N) is 1. The molecule has 2 aliphatic rings. The molecule has 1 fully saturated rings. The van der Waals surface area contributed by atoms with Crippen molar-refractivity contribution in [3.8, 4) is 5.75 Å². The summed E-state index contributed by atoms with van der Waals surface area (Å²) in [6.07, 6.45) is 3.87. The van der Waals surface area contributed by atoms with Gasteiger partial charge in [-0.3, -0.25) is 14.4 Å². The molecule has 2 unspecified atom stereocenters. The van der Waals surface area contributed by atoms with Gasteiger partial charge >= 0.3 is 11.9 Å². The van der Waals surface area contributed by atoms with Gasteiger partial charge in [0, 0.05) is 18.0 Å². The zero-order valence-corrected chi connectivity index (χ0v) is 17.6. The second-order valence-electron chi connectivity index (χ2n) is 8.33. The smallest absolute Gasteiger partial charge is 0.324 e. The largest absolute Gasteiger partial charge is 0.469 e. The SMILES string of the molecule is COC(=O)C1(C2c3ccccc3OC(=O)C2C(=O)NCc2ccccc2)CCCCC1. The molecule has 0 saturated heterocycles. The van der Waals surface area contributed by atoms with Crippen LogP contribution in [0.25, 0.3) is 0 Å². The molecule has 2 aromatic carbocycles. The number of methoxy groups -OCH3 is 1. The minimum absolute atomic E-state index is 0.295. The van der Waals surface area contributed by atoms with Crippen LogP contribution in [-0.4, -0.2) is 25.0 Å². The first-order valence-electron chi connectivity index (χ1n) is 10.8. The molecule has 0 bridgehead atoms. The summed E-state index contributed by atoms with van der Waals surface area (Å²) < 4.78 is 10.8. The van der Waals surface area contributed by atoms with E-state index in [1.165, 1.54) is 7.11 Å². The van der Waals surface area contributed by atoms with Crippen molar-refractivity contribution in [2.45, 2.75) is 44.6 Å². The first-order valence-corrected chi connectivity index (χ1v) is 10.8. The van der Waals surface area contributed by atoms with Crippen LogP contribution in [0.5, 0.6) is 5.75 Å². The molecule has 2 aromatic rings. The molecule has 6 heteroatoms. The lowest BCUT2D eigenvalue weighted by Gasteiger charge is -2.45. The van der Waals surface area contributed by atoms with E-state index in [-0.39, 0.29) is 5.97 Å². The van der Waals surface area contributed by atoms with E-state index in [2.05, 4.69) is 5.32 Å². The van der Waals surface area contributed by atoms with E-state index in [0.717, 1.165) is 24.8 Å². The minimum atomic E-state index is -1.11. The van der Waals surface area contributed by atoms with E-state index >= 15 is 0 Å². The highest BCUT2D eigenvalue weighted by Crippen LogP contribution is 2.55. The Labute approximate surface area is 181 Å². The fourth-order valence-corrected chi connectivity index (χ4v) is 5.12. The summed E-state index contributed by atoms with van der Waals surface area (Å²) in [6.45, 7) is 0.295. The maximum absolute atomic E-state index is 13.3. The van der Waals surface area contributed by atoms with Crippen LogP contribution in [0.2, 0.25) is 0 Å². The predicted molar refractivity (Wildman–Crippen MR) is 114 cm³/mol. The number of benzene rings is 2. The number of carbonyl (C=O) groups excluding carboxylic acids is 3. The van der Waals surface area contributed by atoms with Gasteiger partial charge in [-0.25, -0.2) is 0 Å². The fourth-order valence-electron chi connectivity index (χ4n) is 5.12. The van der Waals surface area contributed by atoms with Crippen LogP contribution < -0.4 is 10.1 Å². The minimum Gasteiger partial charge on any atom is -0.469 e. The highest BCUT2D eigenvalue weighted by Gasteiger charge is 2.57. The van der Waals surface area contributed by atoms with Crippen LogP contribution in [0.15, 0.2) is 54.6 Å². The zero-order valence-electron chi connectivity index (χ0n) is 17.6. The second kappa shape index (κ2) is 8.92. The predicted octanol–water partition coefficient (Wildman–Crippen LogP) is 3.75. The molecule has 1 heterocycles. The van der Waals surface area contributed by atoms with Gasteiger partial charge in [0.05, 0.1) is 12.5 Å². The Hall–Kier alpha value is -3.15. The highest BCUT2D eigenvalue weighted by molar-refractivity contribution is 6.02. The van der Waals surface area contributed by atoms with Crippen LogP contribution >= 0.6 is 0 Å². The first kappa shape index (κ1) is 21.1. The molecule has 4 rings (SSSR count). The number of hydrogen-bond donors (Lipinski definition) is 1. The molecular formula is C25H27NO5. The van der Waals surface area contributed by atoms with E-state index in [0.29, 0.717) is 30.7 Å². The van der Waals surface area contributed by atoms with Crippen molar-refractivity contribution >= 4 is 17.8 Å². The van der Waals surface area contributed by atoms with Gasteiger partial charge in [-0.1, -0.05) is 67.8 Å². The Morgan fingerprint density at radius 3 is 2.42 bits per heavy atom. The van der Waals surface area contributed by atoms with Crippen molar-refractivity contribution in [2.24, 2.45) is 11.3 Å². The summed E-state index contributed by atoms with van der Waals surface area (Å²) >= 11 is 0. The third kappa shape index (κ3) is 3.94. The van der Waals surface area contributed by atoms with E-state index in [9.17, 15) is 14.4 Å². The molecule has 1 saturated carbocycles. The topological polar surface area (TPSA) is 81.7 Å². The summed E-state index contributed by atoms with van der Waals surface area (Å²) in [5.41, 5.74) is 0.712. The van der Waals surface area contributed by atoms with Crippen molar-refractivity contribution in [3.05, 3.63) is 65.7 Å². The molecule has 31 heavy (non-hydrogen) atoms. The number of hydrogen-bond acceptors (Lipinski definition) is 5. The Morgan fingerprint density at radius 2 is 1.71 bits per heavy atom. The number of fused-ring (bicyclic) bond motifs is 1. The maximum Gasteiger partial charge on any atom is 0.324 e. The van der Waals surface area contributed by atoms with Gasteiger partial charge in [0.2, 0.25) is 5.91 Å². The van der Waals surface area contributed by atoms with Crippen molar-refractivity contribution in [2.75, 3.05) is 7.11 Å². The van der Waals surface area contributed by atoms with E-state index < -0.39 is 29.1 Å². The van der Waals surface area contributed by atoms with Gasteiger partial charge < -0.3 is 14.8 Å². The summed E-state index contributed by atoms with van der Waals surface area (Å²) in [5.74, 6) is -2.74. The Morgan fingerprint density at radius 1 is 1.03 bits per heavy atom. The standard InChI is InChI=1S/C25H27NO5/c1-30-24(29)25(14-8-3-9-15-25)21-18-12-6-7-13-19(18)31-23(28)20(21)22(27)26-16-17-10-4-2-5-11-17/h2,4-7,10-13,20-21H,3,8-9,14-16H2,1H3,(H,26,27). The number of rotatable bonds is 5. The quantitative estimate of drug-likeness (QED) is 0.452. The summed E-state index contributed by atoms with van der Waals surface area (Å²) in [4.78, 5) is 39.6. The van der Waals surface area contributed by atoms with Gasteiger partial charge in [0.15, 0.2) is 0 Å². The summed E-state index contributed by atoms with van der Waals surface area (Å²) in [7, 11) is 1.37. The summed E-state index contributed by atoms with van der Waals surface area (Å²) in [6, 6.07) is 16.7. The van der Waals surface area contributed by atoms with Crippen molar-refractivity contribution in [3.63, 3.8) is 0 Å². The molecule has 1 aliphatic heterocycles. The molecule has 0 aromatic heterocycles. The third-order valence-electron chi connectivity index (χ3n) is 6.58. The number of ether oxygens (including phenoxy) is 2. The molecule has 6 nitrogen and oxygen atoms in total.